The van der Waals surface area contributed by atoms with Gasteiger partial charge in [0.2, 0.25) is 5.91 Å². The molecule has 27 heavy (non-hydrogen) atoms. The van der Waals surface area contributed by atoms with Gasteiger partial charge in [-0.2, -0.15) is 0 Å². The van der Waals surface area contributed by atoms with E-state index < -0.39 is 23.2 Å². The molecule has 4 rings (SSSR count). The van der Waals surface area contributed by atoms with Crippen LogP contribution in [0.1, 0.15) is 52.4 Å². The van der Waals surface area contributed by atoms with Gasteiger partial charge in [0.1, 0.15) is 5.70 Å². The molecular weight excluding hydrogens is 350 g/mol. The van der Waals surface area contributed by atoms with Crippen molar-refractivity contribution in [3.63, 3.8) is 0 Å². The van der Waals surface area contributed by atoms with Crippen LogP contribution in [0.15, 0.2) is 16.8 Å². The van der Waals surface area contributed by atoms with Gasteiger partial charge in [0.05, 0.1) is 0 Å². The molecule has 0 aromatic heterocycles. The van der Waals surface area contributed by atoms with Crippen LogP contribution in [0.5, 0.6) is 0 Å². The Morgan fingerprint density at radius 2 is 1.89 bits per heavy atom. The summed E-state index contributed by atoms with van der Waals surface area (Å²) in [7, 11) is 0. The van der Waals surface area contributed by atoms with Crippen LogP contribution in [0.2, 0.25) is 0 Å². The number of aliphatic imine (C=N–C) groups is 1. The van der Waals surface area contributed by atoms with Crippen LogP contribution >= 0.6 is 0 Å². The van der Waals surface area contributed by atoms with E-state index in [-0.39, 0.29) is 23.0 Å². The minimum Gasteiger partial charge on any atom is -0.342 e. The lowest BCUT2D eigenvalue weighted by Crippen LogP contribution is -2.45. The Labute approximate surface area is 159 Å². The lowest BCUT2D eigenvalue weighted by atomic mass is 9.65. The standard InChI is InChI=1S/C21H28F2N2O2/c1-19(2)11-20(10-16(24-3)17(19)26)6-7-25(12-20)18(27)13-8-14-4-5-15(9-13)21(14,22)23/h10,13-15H,3-9,11-12H2,1-2H3/t13?,14?,15?,20-/m1/s1. The summed E-state index contributed by atoms with van der Waals surface area (Å²) in [5, 5.41) is 0. The summed E-state index contributed by atoms with van der Waals surface area (Å²) in [5.74, 6) is -4.12. The van der Waals surface area contributed by atoms with Gasteiger partial charge in [-0.25, -0.2) is 8.78 Å². The Bertz CT molecular complexity index is 714. The topological polar surface area (TPSA) is 49.7 Å². The van der Waals surface area contributed by atoms with E-state index in [1.165, 1.54) is 0 Å². The highest BCUT2D eigenvalue weighted by Gasteiger charge is 2.58. The molecule has 0 aromatic carbocycles. The third kappa shape index (κ3) is 2.87. The molecule has 3 aliphatic carbocycles. The molecule has 1 heterocycles. The lowest BCUT2D eigenvalue weighted by molar-refractivity contribution is -0.147. The van der Waals surface area contributed by atoms with Gasteiger partial charge in [0.25, 0.3) is 5.92 Å². The number of rotatable bonds is 2. The first-order chi connectivity index (χ1) is 12.6. The van der Waals surface area contributed by atoms with Crippen molar-refractivity contribution in [3.8, 4) is 0 Å². The first-order valence-electron chi connectivity index (χ1n) is 9.99. The molecule has 4 nitrogen and oxygen atoms in total. The molecule has 6 heteroatoms. The summed E-state index contributed by atoms with van der Waals surface area (Å²) >= 11 is 0. The Kier molecular flexibility index (Phi) is 4.13. The zero-order valence-electron chi connectivity index (χ0n) is 16.1. The highest BCUT2D eigenvalue weighted by atomic mass is 19.3. The number of likely N-dealkylation sites (tertiary alicyclic amines) is 1. The van der Waals surface area contributed by atoms with Crippen LogP contribution in [0.25, 0.3) is 0 Å². The van der Waals surface area contributed by atoms with Crippen molar-refractivity contribution in [1.82, 2.24) is 4.90 Å². The maximum atomic E-state index is 14.2. The molecule has 1 spiro atoms. The molecule has 2 saturated carbocycles. The zero-order chi connectivity index (χ0) is 19.6. The number of nitrogens with zero attached hydrogens (tertiary/aromatic N) is 2. The van der Waals surface area contributed by atoms with Gasteiger partial charge in [0, 0.05) is 41.7 Å². The van der Waals surface area contributed by atoms with Crippen molar-refractivity contribution in [1.29, 1.82) is 0 Å². The van der Waals surface area contributed by atoms with Gasteiger partial charge >= 0.3 is 0 Å². The molecule has 1 aliphatic heterocycles. The predicted molar refractivity (Wildman–Crippen MR) is 98.6 cm³/mol. The summed E-state index contributed by atoms with van der Waals surface area (Å²) in [5.41, 5.74) is -0.395. The predicted octanol–water partition coefficient (Wildman–Crippen LogP) is 3.86. The molecule has 1 amide bonds. The van der Waals surface area contributed by atoms with E-state index in [1.54, 1.807) is 0 Å². The van der Waals surface area contributed by atoms with Crippen molar-refractivity contribution in [2.75, 3.05) is 13.1 Å². The number of alkyl halides is 2. The van der Waals surface area contributed by atoms with Crippen LogP contribution in [0.3, 0.4) is 0 Å². The first-order valence-corrected chi connectivity index (χ1v) is 9.99. The largest absolute Gasteiger partial charge is 0.342 e. The fraction of sp³-hybridized carbons (Fsp3) is 0.762. The number of carbonyl (C=O) groups excluding carboxylic acids is 2. The molecule has 0 radical (unpaired) electrons. The van der Waals surface area contributed by atoms with Crippen LogP contribution in [-0.2, 0) is 9.59 Å². The molecule has 0 N–H and O–H groups in total. The molecule has 2 unspecified atom stereocenters. The van der Waals surface area contributed by atoms with Crippen LogP contribution in [0, 0.1) is 28.6 Å². The Morgan fingerprint density at radius 1 is 1.26 bits per heavy atom. The van der Waals surface area contributed by atoms with Crippen LogP contribution in [0.4, 0.5) is 8.78 Å². The summed E-state index contributed by atoms with van der Waals surface area (Å²) in [4.78, 5) is 31.3. The third-order valence-corrected chi connectivity index (χ3v) is 7.39. The molecule has 3 fully saturated rings. The second-order valence-corrected chi connectivity index (χ2v) is 9.76. The molecular formula is C21H28F2N2O2. The zero-order valence-corrected chi connectivity index (χ0v) is 16.1. The average molecular weight is 378 g/mol. The minimum atomic E-state index is -2.59. The van der Waals surface area contributed by atoms with Crippen molar-refractivity contribution in [2.24, 2.45) is 33.6 Å². The Hall–Kier alpha value is -1.59. The van der Waals surface area contributed by atoms with Crippen molar-refractivity contribution in [2.45, 2.75) is 58.3 Å². The maximum absolute atomic E-state index is 14.2. The fourth-order valence-electron chi connectivity index (χ4n) is 6.09. The molecule has 2 bridgehead atoms. The van der Waals surface area contributed by atoms with Gasteiger partial charge in [-0.3, -0.25) is 14.6 Å². The number of fused-ring (bicyclic) bond motifs is 2. The Morgan fingerprint density at radius 3 is 2.48 bits per heavy atom. The number of allylic oxidation sites excluding steroid dienone is 1. The first kappa shape index (κ1) is 18.8. The number of amides is 1. The van der Waals surface area contributed by atoms with Gasteiger partial charge in [-0.05, 0) is 51.3 Å². The van der Waals surface area contributed by atoms with Crippen molar-refractivity contribution in [3.05, 3.63) is 11.8 Å². The molecule has 148 valence electrons. The number of Topliss-reactive ketones (excluding diaryl/α,β-unsaturated/α-hetero) is 1. The fourth-order valence-corrected chi connectivity index (χ4v) is 6.09. The number of halogens is 2. The number of ketones is 1. The van der Waals surface area contributed by atoms with E-state index in [0.717, 1.165) is 6.42 Å². The second-order valence-electron chi connectivity index (χ2n) is 9.76. The lowest BCUT2D eigenvalue weighted by Gasteiger charge is -2.39. The maximum Gasteiger partial charge on any atom is 0.253 e. The highest BCUT2D eigenvalue weighted by Crippen LogP contribution is 2.55. The summed E-state index contributed by atoms with van der Waals surface area (Å²) < 4.78 is 28.4. The quantitative estimate of drug-likeness (QED) is 0.685. The second kappa shape index (κ2) is 5.95. The number of hydrogen-bond acceptors (Lipinski definition) is 3. The molecule has 1 saturated heterocycles. The smallest absolute Gasteiger partial charge is 0.253 e. The summed E-state index contributed by atoms with van der Waals surface area (Å²) in [6.07, 6.45) is 5.06. The third-order valence-electron chi connectivity index (χ3n) is 7.39. The van der Waals surface area contributed by atoms with E-state index in [9.17, 15) is 18.4 Å². The van der Waals surface area contributed by atoms with Crippen molar-refractivity contribution < 1.29 is 18.4 Å². The van der Waals surface area contributed by atoms with Crippen LogP contribution < -0.4 is 0 Å². The monoisotopic (exact) mass is 378 g/mol. The van der Waals surface area contributed by atoms with Gasteiger partial charge < -0.3 is 4.90 Å². The van der Waals surface area contributed by atoms with Gasteiger partial charge in [0.15, 0.2) is 5.78 Å². The summed E-state index contributed by atoms with van der Waals surface area (Å²) in [6.45, 7) is 8.53. The van der Waals surface area contributed by atoms with E-state index >= 15 is 0 Å². The van der Waals surface area contributed by atoms with Gasteiger partial charge in [-0.1, -0.05) is 13.8 Å². The Balaban J connectivity index is 1.50. The van der Waals surface area contributed by atoms with E-state index in [4.69, 9.17) is 0 Å². The number of hydrogen-bond donors (Lipinski definition) is 0. The van der Waals surface area contributed by atoms with E-state index in [0.29, 0.717) is 50.9 Å². The van der Waals surface area contributed by atoms with Crippen molar-refractivity contribution >= 4 is 18.4 Å². The van der Waals surface area contributed by atoms with Crippen LogP contribution in [-0.4, -0.2) is 42.3 Å². The highest BCUT2D eigenvalue weighted by molar-refractivity contribution is 6.00. The molecule has 0 aromatic rings. The SMILES string of the molecule is C=NC1=C[C@]2(CCN(C(=O)C3CC4CCC(C3)C4(F)F)C2)CC(C)(C)C1=O. The van der Waals surface area contributed by atoms with Gasteiger partial charge in [-0.15, -0.1) is 0 Å². The average Bonchev–Trinajstić information content (AvgIpc) is 3.00. The summed E-state index contributed by atoms with van der Waals surface area (Å²) in [6, 6.07) is 0. The molecule has 4 aliphatic rings. The normalized spacial score (nSPS) is 39.6. The molecule has 3 atom stereocenters. The van der Waals surface area contributed by atoms with E-state index in [1.807, 2.05) is 24.8 Å². The minimum absolute atomic E-state index is 0.000936. The number of carbonyl (C=O) groups is 2. The van der Waals surface area contributed by atoms with E-state index in [2.05, 4.69) is 11.7 Å².